The van der Waals surface area contributed by atoms with E-state index in [1.165, 1.54) is 12.8 Å². The number of rotatable bonds is 6. The van der Waals surface area contributed by atoms with Crippen LogP contribution in [0.5, 0.6) is 0 Å². The lowest BCUT2D eigenvalue weighted by Gasteiger charge is -2.28. The summed E-state index contributed by atoms with van der Waals surface area (Å²) in [5.41, 5.74) is 0.234. The highest BCUT2D eigenvalue weighted by Gasteiger charge is 2.19. The quantitative estimate of drug-likeness (QED) is 0.616. The van der Waals surface area contributed by atoms with Crippen molar-refractivity contribution in [3.05, 3.63) is 0 Å². The Balaban J connectivity index is 3.68. The minimum atomic E-state index is 0.234. The molecule has 0 saturated carbocycles. The summed E-state index contributed by atoms with van der Waals surface area (Å²) >= 11 is 0. The fraction of sp³-hybridized carbons (Fsp3) is 1.00. The molecule has 68 valence electrons. The Morgan fingerprint density at radius 1 is 1.36 bits per heavy atom. The summed E-state index contributed by atoms with van der Waals surface area (Å²) in [6.45, 7) is 4.71. The second-order valence-electron chi connectivity index (χ2n) is 3.39. The highest BCUT2D eigenvalue weighted by Crippen LogP contribution is 2.17. The van der Waals surface area contributed by atoms with Gasteiger partial charge in [0, 0.05) is 12.1 Å². The van der Waals surface area contributed by atoms with Crippen LogP contribution in [-0.2, 0) is 0 Å². The van der Waals surface area contributed by atoms with E-state index in [1.807, 2.05) is 7.05 Å². The Labute approximate surface area is 70.0 Å². The summed E-state index contributed by atoms with van der Waals surface area (Å²) in [7, 11) is 1.99. The minimum absolute atomic E-state index is 0.234. The van der Waals surface area contributed by atoms with E-state index in [4.69, 9.17) is 5.11 Å². The second kappa shape index (κ2) is 5.56. The van der Waals surface area contributed by atoms with Crippen LogP contribution >= 0.6 is 0 Å². The number of aliphatic hydroxyl groups is 1. The van der Waals surface area contributed by atoms with Crippen molar-refractivity contribution in [3.63, 3.8) is 0 Å². The van der Waals surface area contributed by atoms with Gasteiger partial charge in [-0.1, -0.05) is 13.3 Å². The maximum atomic E-state index is 8.67. The first-order valence-corrected chi connectivity index (χ1v) is 4.48. The summed E-state index contributed by atoms with van der Waals surface area (Å²) in [5, 5.41) is 12.0. The van der Waals surface area contributed by atoms with E-state index in [0.717, 1.165) is 12.8 Å². The van der Waals surface area contributed by atoms with Gasteiger partial charge in [-0.15, -0.1) is 0 Å². The molecule has 0 aromatic carbocycles. The lowest BCUT2D eigenvalue weighted by Crippen LogP contribution is -2.39. The minimum Gasteiger partial charge on any atom is -0.396 e. The topological polar surface area (TPSA) is 32.3 Å². The van der Waals surface area contributed by atoms with E-state index in [-0.39, 0.29) is 5.54 Å². The van der Waals surface area contributed by atoms with E-state index in [0.29, 0.717) is 6.61 Å². The van der Waals surface area contributed by atoms with Gasteiger partial charge in [-0.25, -0.2) is 0 Å². The smallest absolute Gasteiger partial charge is 0.0431 e. The normalized spacial score (nSPS) is 16.4. The molecular formula is C9H21NO. The molecule has 0 aliphatic carbocycles. The van der Waals surface area contributed by atoms with Crippen molar-refractivity contribution >= 4 is 0 Å². The van der Waals surface area contributed by atoms with Crippen molar-refractivity contribution in [1.29, 1.82) is 0 Å². The molecule has 11 heavy (non-hydrogen) atoms. The molecule has 0 saturated heterocycles. The monoisotopic (exact) mass is 159 g/mol. The van der Waals surface area contributed by atoms with Gasteiger partial charge in [0.1, 0.15) is 0 Å². The van der Waals surface area contributed by atoms with Gasteiger partial charge in [-0.3, -0.25) is 0 Å². The summed E-state index contributed by atoms with van der Waals surface area (Å²) < 4.78 is 0. The zero-order valence-electron chi connectivity index (χ0n) is 7.98. The van der Waals surface area contributed by atoms with Crippen molar-refractivity contribution in [2.24, 2.45) is 0 Å². The number of nitrogens with one attached hydrogen (secondary N) is 1. The Bertz CT molecular complexity index is 95.6. The molecule has 0 heterocycles. The third-order valence-electron chi connectivity index (χ3n) is 2.29. The molecule has 2 heteroatoms. The average molecular weight is 159 g/mol. The first kappa shape index (κ1) is 10.9. The van der Waals surface area contributed by atoms with Gasteiger partial charge >= 0.3 is 0 Å². The Hall–Kier alpha value is -0.0800. The second-order valence-corrected chi connectivity index (χ2v) is 3.39. The van der Waals surface area contributed by atoms with Crippen LogP contribution in [0.1, 0.15) is 39.5 Å². The fourth-order valence-corrected chi connectivity index (χ4v) is 1.40. The molecule has 0 aromatic heterocycles. The van der Waals surface area contributed by atoms with Crippen LogP contribution < -0.4 is 5.32 Å². The summed E-state index contributed by atoms with van der Waals surface area (Å²) in [6.07, 6.45) is 4.34. The molecule has 0 rings (SSSR count). The molecule has 0 amide bonds. The number of aliphatic hydroxyl groups excluding tert-OH is 1. The van der Waals surface area contributed by atoms with Crippen molar-refractivity contribution in [2.75, 3.05) is 13.7 Å². The van der Waals surface area contributed by atoms with E-state index >= 15 is 0 Å². The van der Waals surface area contributed by atoms with Crippen LogP contribution in [0.25, 0.3) is 0 Å². The predicted octanol–water partition coefficient (Wildman–Crippen LogP) is 1.54. The fourth-order valence-electron chi connectivity index (χ4n) is 1.40. The van der Waals surface area contributed by atoms with E-state index < -0.39 is 0 Å². The van der Waals surface area contributed by atoms with E-state index in [2.05, 4.69) is 19.2 Å². The van der Waals surface area contributed by atoms with Crippen LogP contribution in [-0.4, -0.2) is 24.3 Å². The molecule has 0 aliphatic heterocycles. The summed E-state index contributed by atoms with van der Waals surface area (Å²) in [5.74, 6) is 0. The molecule has 0 aromatic rings. The van der Waals surface area contributed by atoms with E-state index in [1.54, 1.807) is 0 Å². The molecule has 0 aliphatic rings. The van der Waals surface area contributed by atoms with Gasteiger partial charge in [-0.2, -0.15) is 0 Å². The van der Waals surface area contributed by atoms with Crippen LogP contribution in [0.3, 0.4) is 0 Å². The van der Waals surface area contributed by atoms with Crippen molar-refractivity contribution < 1.29 is 5.11 Å². The zero-order valence-corrected chi connectivity index (χ0v) is 7.98. The predicted molar refractivity (Wildman–Crippen MR) is 48.7 cm³/mol. The lowest BCUT2D eigenvalue weighted by atomic mass is 9.91. The molecule has 0 spiro atoms. The molecule has 2 N–H and O–H groups in total. The highest BCUT2D eigenvalue weighted by atomic mass is 16.2. The van der Waals surface area contributed by atoms with Gasteiger partial charge in [0.15, 0.2) is 0 Å². The Morgan fingerprint density at radius 2 is 2.00 bits per heavy atom. The molecule has 0 bridgehead atoms. The first-order valence-electron chi connectivity index (χ1n) is 4.48. The van der Waals surface area contributed by atoms with Crippen LogP contribution in [0.4, 0.5) is 0 Å². The largest absolute Gasteiger partial charge is 0.396 e. The maximum Gasteiger partial charge on any atom is 0.0431 e. The number of hydrogen-bond donors (Lipinski definition) is 2. The zero-order chi connectivity index (χ0) is 8.74. The molecule has 1 atom stereocenters. The van der Waals surface area contributed by atoms with Crippen molar-refractivity contribution in [2.45, 2.75) is 45.1 Å². The van der Waals surface area contributed by atoms with Crippen LogP contribution in [0.15, 0.2) is 0 Å². The van der Waals surface area contributed by atoms with Gasteiger partial charge in [-0.05, 0) is 33.2 Å². The van der Waals surface area contributed by atoms with E-state index in [9.17, 15) is 0 Å². The third-order valence-corrected chi connectivity index (χ3v) is 2.29. The first-order chi connectivity index (χ1) is 5.18. The molecule has 0 fully saturated rings. The summed E-state index contributed by atoms with van der Waals surface area (Å²) in [4.78, 5) is 0. The van der Waals surface area contributed by atoms with Crippen LogP contribution in [0.2, 0.25) is 0 Å². The van der Waals surface area contributed by atoms with Crippen molar-refractivity contribution in [3.8, 4) is 0 Å². The molecule has 1 unspecified atom stereocenters. The van der Waals surface area contributed by atoms with Gasteiger partial charge in [0.05, 0.1) is 0 Å². The molecule has 2 nitrogen and oxygen atoms in total. The molecule has 0 radical (unpaired) electrons. The lowest BCUT2D eigenvalue weighted by molar-refractivity contribution is 0.245. The number of hydrogen-bond acceptors (Lipinski definition) is 2. The maximum absolute atomic E-state index is 8.67. The Kier molecular flexibility index (Phi) is 5.51. The van der Waals surface area contributed by atoms with Gasteiger partial charge in [0.25, 0.3) is 0 Å². The van der Waals surface area contributed by atoms with Gasteiger partial charge in [0.2, 0.25) is 0 Å². The summed E-state index contributed by atoms with van der Waals surface area (Å²) in [6, 6.07) is 0. The highest BCUT2D eigenvalue weighted by molar-refractivity contribution is 4.80. The van der Waals surface area contributed by atoms with Crippen LogP contribution in [0, 0.1) is 0 Å². The SMILES string of the molecule is CCCC(C)(CCCO)NC. The average Bonchev–Trinajstić information content (AvgIpc) is 2.02. The van der Waals surface area contributed by atoms with Gasteiger partial charge < -0.3 is 10.4 Å². The van der Waals surface area contributed by atoms with Crippen molar-refractivity contribution in [1.82, 2.24) is 5.32 Å². The third kappa shape index (κ3) is 4.38. The Morgan fingerprint density at radius 3 is 2.36 bits per heavy atom. The molecular weight excluding hydrogens is 138 g/mol. The standard InChI is InChI=1S/C9H21NO/c1-4-6-9(2,10-3)7-5-8-11/h10-11H,4-8H2,1-3H3.